The Morgan fingerprint density at radius 1 is 1.47 bits per heavy atom. The van der Waals surface area contributed by atoms with Crippen LogP contribution in [0, 0.1) is 0 Å². The first-order valence-corrected chi connectivity index (χ1v) is 7.82. The molecule has 0 N–H and O–H groups in total. The van der Waals surface area contributed by atoms with E-state index in [1.807, 2.05) is 6.92 Å². The molecule has 0 amide bonds. The van der Waals surface area contributed by atoms with Gasteiger partial charge < -0.3 is 9.47 Å². The van der Waals surface area contributed by atoms with Gasteiger partial charge in [0.2, 0.25) is 10.0 Å². The summed E-state index contributed by atoms with van der Waals surface area (Å²) in [4.78, 5) is 0. The van der Waals surface area contributed by atoms with Gasteiger partial charge in [0.05, 0.1) is 18.0 Å². The third kappa shape index (κ3) is 4.71. The Morgan fingerprint density at radius 3 is 2.76 bits per heavy atom. The SMILES string of the molecule is COCCCS(=O)(=O)N1CC(C)OC(CCl)C1. The molecule has 1 heterocycles. The first-order valence-electron chi connectivity index (χ1n) is 5.67. The van der Waals surface area contributed by atoms with Crippen molar-refractivity contribution >= 4 is 21.6 Å². The van der Waals surface area contributed by atoms with Crippen LogP contribution in [0.5, 0.6) is 0 Å². The van der Waals surface area contributed by atoms with Crippen LogP contribution in [-0.2, 0) is 19.5 Å². The van der Waals surface area contributed by atoms with Gasteiger partial charge in [0, 0.05) is 32.7 Å². The Morgan fingerprint density at radius 2 is 2.18 bits per heavy atom. The maximum absolute atomic E-state index is 12.0. The van der Waals surface area contributed by atoms with E-state index in [4.69, 9.17) is 21.1 Å². The number of hydrogen-bond acceptors (Lipinski definition) is 4. The number of morpholine rings is 1. The second kappa shape index (κ2) is 6.89. The number of ether oxygens (including phenoxy) is 2. The third-order valence-corrected chi connectivity index (χ3v) is 4.84. The number of nitrogens with zero attached hydrogens (tertiary/aromatic N) is 1. The fraction of sp³-hybridized carbons (Fsp3) is 1.00. The summed E-state index contributed by atoms with van der Waals surface area (Å²) < 4.78 is 35.9. The number of rotatable bonds is 6. The molecule has 1 aliphatic heterocycles. The number of hydrogen-bond donors (Lipinski definition) is 0. The molecule has 0 radical (unpaired) electrons. The van der Waals surface area contributed by atoms with Gasteiger partial charge in [0.1, 0.15) is 0 Å². The molecule has 1 rings (SSSR count). The molecular formula is C10H20ClNO4S. The predicted octanol–water partition coefficient (Wildman–Crippen LogP) is 0.681. The highest BCUT2D eigenvalue weighted by Crippen LogP contribution is 2.16. The van der Waals surface area contributed by atoms with Crippen LogP contribution in [0.2, 0.25) is 0 Å². The fourth-order valence-corrected chi connectivity index (χ4v) is 3.57. The summed E-state index contributed by atoms with van der Waals surface area (Å²) in [7, 11) is -1.65. The van der Waals surface area contributed by atoms with E-state index in [2.05, 4.69) is 0 Å². The Labute approximate surface area is 108 Å². The summed E-state index contributed by atoms with van der Waals surface area (Å²) in [5, 5.41) is 0. The third-order valence-electron chi connectivity index (χ3n) is 2.61. The van der Waals surface area contributed by atoms with Crippen molar-refractivity contribution in [2.24, 2.45) is 0 Å². The number of alkyl halides is 1. The summed E-state index contributed by atoms with van der Waals surface area (Å²) >= 11 is 5.72. The standard InChI is InChI=1S/C10H20ClNO4S/c1-9-7-12(8-10(6-11)16-9)17(13,14)5-3-4-15-2/h9-10H,3-8H2,1-2H3. The molecule has 1 aliphatic rings. The molecular weight excluding hydrogens is 266 g/mol. The number of methoxy groups -OCH3 is 1. The van der Waals surface area contributed by atoms with E-state index < -0.39 is 10.0 Å². The summed E-state index contributed by atoms with van der Waals surface area (Å²) in [6.07, 6.45) is 0.193. The first kappa shape index (κ1) is 15.2. The molecule has 0 aliphatic carbocycles. The second-order valence-electron chi connectivity index (χ2n) is 4.20. The quantitative estimate of drug-likeness (QED) is 0.532. The number of halogens is 1. The maximum Gasteiger partial charge on any atom is 0.214 e. The minimum Gasteiger partial charge on any atom is -0.385 e. The lowest BCUT2D eigenvalue weighted by Gasteiger charge is -2.35. The van der Waals surface area contributed by atoms with Crippen molar-refractivity contribution in [3.05, 3.63) is 0 Å². The highest BCUT2D eigenvalue weighted by atomic mass is 35.5. The van der Waals surface area contributed by atoms with Crippen molar-refractivity contribution in [2.75, 3.05) is 38.4 Å². The summed E-state index contributed by atoms with van der Waals surface area (Å²) in [6, 6.07) is 0. The summed E-state index contributed by atoms with van der Waals surface area (Å²) in [5.41, 5.74) is 0. The van der Waals surface area contributed by atoms with Crippen molar-refractivity contribution < 1.29 is 17.9 Å². The molecule has 17 heavy (non-hydrogen) atoms. The Hall–Kier alpha value is 0.120. The van der Waals surface area contributed by atoms with Crippen molar-refractivity contribution in [2.45, 2.75) is 25.6 Å². The van der Waals surface area contributed by atoms with Crippen LogP contribution in [0.15, 0.2) is 0 Å². The van der Waals surface area contributed by atoms with Gasteiger partial charge in [0.25, 0.3) is 0 Å². The van der Waals surface area contributed by atoms with Gasteiger partial charge in [-0.1, -0.05) is 0 Å². The largest absolute Gasteiger partial charge is 0.385 e. The van der Waals surface area contributed by atoms with Gasteiger partial charge in [-0.2, -0.15) is 4.31 Å². The molecule has 0 aromatic heterocycles. The molecule has 0 saturated carbocycles. The van der Waals surface area contributed by atoms with Crippen LogP contribution in [0.4, 0.5) is 0 Å². The highest BCUT2D eigenvalue weighted by molar-refractivity contribution is 7.89. The lowest BCUT2D eigenvalue weighted by Crippen LogP contribution is -2.50. The summed E-state index contributed by atoms with van der Waals surface area (Å²) in [5.74, 6) is 0.428. The molecule has 1 saturated heterocycles. The van der Waals surface area contributed by atoms with E-state index in [0.717, 1.165) is 0 Å². The lowest BCUT2D eigenvalue weighted by molar-refractivity contribution is -0.0423. The molecule has 0 aromatic rings. The van der Waals surface area contributed by atoms with Crippen molar-refractivity contribution in [1.29, 1.82) is 0 Å². The van der Waals surface area contributed by atoms with Crippen molar-refractivity contribution in [3.63, 3.8) is 0 Å². The Kier molecular flexibility index (Phi) is 6.16. The lowest BCUT2D eigenvalue weighted by atomic mass is 10.3. The fourth-order valence-electron chi connectivity index (χ4n) is 1.83. The van der Waals surface area contributed by atoms with Crippen molar-refractivity contribution in [1.82, 2.24) is 4.31 Å². The normalized spacial score (nSPS) is 27.2. The first-order chi connectivity index (χ1) is 7.99. The van der Waals surface area contributed by atoms with E-state index in [9.17, 15) is 8.42 Å². The molecule has 2 atom stereocenters. The molecule has 7 heteroatoms. The monoisotopic (exact) mass is 285 g/mol. The molecule has 0 bridgehead atoms. The van der Waals surface area contributed by atoms with Gasteiger partial charge in [-0.05, 0) is 13.3 Å². The smallest absolute Gasteiger partial charge is 0.214 e. The van der Waals surface area contributed by atoms with Crippen LogP contribution < -0.4 is 0 Å². The zero-order valence-corrected chi connectivity index (χ0v) is 11.8. The average Bonchev–Trinajstić information content (AvgIpc) is 2.28. The van der Waals surface area contributed by atoms with Crippen LogP contribution >= 0.6 is 11.6 Å². The van der Waals surface area contributed by atoms with Gasteiger partial charge in [-0.3, -0.25) is 0 Å². The van der Waals surface area contributed by atoms with Gasteiger partial charge >= 0.3 is 0 Å². The topological polar surface area (TPSA) is 55.8 Å². The van der Waals surface area contributed by atoms with E-state index in [-0.39, 0.29) is 18.0 Å². The molecule has 102 valence electrons. The van der Waals surface area contributed by atoms with Gasteiger partial charge in [-0.25, -0.2) is 8.42 Å². The summed E-state index contributed by atoms with van der Waals surface area (Å²) in [6.45, 7) is 3.07. The molecule has 2 unspecified atom stereocenters. The van der Waals surface area contributed by atoms with E-state index in [1.54, 1.807) is 7.11 Å². The van der Waals surface area contributed by atoms with Crippen LogP contribution in [0.25, 0.3) is 0 Å². The minimum atomic E-state index is -3.22. The van der Waals surface area contributed by atoms with Crippen LogP contribution in [0.3, 0.4) is 0 Å². The Bertz CT molecular complexity index is 322. The zero-order valence-electron chi connectivity index (χ0n) is 10.3. The van der Waals surface area contributed by atoms with E-state index in [1.165, 1.54) is 4.31 Å². The minimum absolute atomic E-state index is 0.107. The second-order valence-corrected chi connectivity index (χ2v) is 6.60. The maximum atomic E-state index is 12.0. The van der Waals surface area contributed by atoms with E-state index >= 15 is 0 Å². The number of sulfonamides is 1. The highest BCUT2D eigenvalue weighted by Gasteiger charge is 2.31. The predicted molar refractivity (Wildman–Crippen MR) is 66.9 cm³/mol. The molecule has 0 spiro atoms. The van der Waals surface area contributed by atoms with Gasteiger partial charge in [-0.15, -0.1) is 11.6 Å². The molecule has 1 fully saturated rings. The Balaban J connectivity index is 2.57. The molecule has 0 aromatic carbocycles. The zero-order chi connectivity index (χ0) is 12.9. The van der Waals surface area contributed by atoms with Gasteiger partial charge in [0.15, 0.2) is 0 Å². The van der Waals surface area contributed by atoms with Crippen LogP contribution in [0.1, 0.15) is 13.3 Å². The van der Waals surface area contributed by atoms with Crippen molar-refractivity contribution in [3.8, 4) is 0 Å². The molecule has 5 nitrogen and oxygen atoms in total. The van der Waals surface area contributed by atoms with Crippen LogP contribution in [-0.4, -0.2) is 63.4 Å². The van der Waals surface area contributed by atoms with E-state index in [0.29, 0.717) is 32.0 Å². The average molecular weight is 286 g/mol.